The second kappa shape index (κ2) is 12.1. The highest BCUT2D eigenvalue weighted by Gasteiger charge is 2.32. The molecule has 2 aromatic carbocycles. The van der Waals surface area contributed by atoms with Crippen LogP contribution in [0.2, 0.25) is 15.1 Å². The Balaban J connectivity index is 2.49. The minimum Gasteiger partial charge on any atom is -0.355 e. The van der Waals surface area contributed by atoms with Crippen molar-refractivity contribution in [2.45, 2.75) is 32.9 Å². The number of benzene rings is 2. The fourth-order valence-electron chi connectivity index (χ4n) is 3.30. The molecular formula is C22H25Cl3FN3O4S. The summed E-state index contributed by atoms with van der Waals surface area (Å²) < 4.78 is 39.4. The molecule has 0 fully saturated rings. The van der Waals surface area contributed by atoms with Gasteiger partial charge in [-0.2, -0.15) is 0 Å². The number of rotatable bonds is 10. The van der Waals surface area contributed by atoms with Crippen molar-refractivity contribution in [2.24, 2.45) is 0 Å². The van der Waals surface area contributed by atoms with Crippen molar-refractivity contribution < 1.29 is 22.4 Å². The number of hydrogen-bond donors (Lipinski definition) is 1. The molecule has 0 spiro atoms. The molecule has 0 aliphatic heterocycles. The van der Waals surface area contributed by atoms with E-state index in [4.69, 9.17) is 34.8 Å². The van der Waals surface area contributed by atoms with Crippen molar-refractivity contribution in [1.29, 1.82) is 0 Å². The minimum atomic E-state index is -3.99. The SMILES string of the molecule is CCNC(=O)[C@@H](CC)N(Cc1ccc(F)cc1)C(=O)CN(c1cc(Cl)c(Cl)cc1Cl)S(C)(=O)=O. The molecule has 0 saturated heterocycles. The van der Waals surface area contributed by atoms with Crippen molar-refractivity contribution in [3.63, 3.8) is 0 Å². The predicted octanol–water partition coefficient (Wildman–Crippen LogP) is 4.50. The highest BCUT2D eigenvalue weighted by molar-refractivity contribution is 7.92. The van der Waals surface area contributed by atoms with Gasteiger partial charge in [-0.1, -0.05) is 53.9 Å². The Morgan fingerprint density at radius 2 is 1.62 bits per heavy atom. The average Bonchev–Trinajstić information content (AvgIpc) is 2.75. The molecule has 1 N–H and O–H groups in total. The summed E-state index contributed by atoms with van der Waals surface area (Å²) >= 11 is 18.2. The van der Waals surface area contributed by atoms with Gasteiger partial charge >= 0.3 is 0 Å². The third kappa shape index (κ3) is 7.21. The van der Waals surface area contributed by atoms with Gasteiger partial charge in [-0.05, 0) is 43.2 Å². The maximum Gasteiger partial charge on any atom is 0.244 e. The Bertz CT molecular complexity index is 1150. The average molecular weight is 553 g/mol. The second-order valence-corrected chi connectivity index (χ2v) is 10.6. The Kier molecular flexibility index (Phi) is 9.99. The largest absolute Gasteiger partial charge is 0.355 e. The molecule has 0 unspecified atom stereocenters. The lowest BCUT2D eigenvalue weighted by Crippen LogP contribution is -2.52. The first kappa shape index (κ1) is 28.2. The van der Waals surface area contributed by atoms with E-state index in [2.05, 4.69) is 5.32 Å². The molecule has 1 atom stereocenters. The molecule has 0 bridgehead atoms. The van der Waals surface area contributed by atoms with Crippen LogP contribution in [-0.2, 0) is 26.2 Å². The van der Waals surface area contributed by atoms with Gasteiger partial charge in [0.15, 0.2) is 0 Å². The van der Waals surface area contributed by atoms with E-state index in [1.54, 1.807) is 13.8 Å². The second-order valence-electron chi connectivity index (χ2n) is 7.45. The quantitative estimate of drug-likeness (QED) is 0.440. The normalized spacial score (nSPS) is 12.2. The van der Waals surface area contributed by atoms with Gasteiger partial charge < -0.3 is 10.2 Å². The number of likely N-dealkylation sites (N-methyl/N-ethyl adjacent to an activating group) is 1. The van der Waals surface area contributed by atoms with Crippen LogP contribution in [0.25, 0.3) is 0 Å². The fourth-order valence-corrected chi connectivity index (χ4v) is 4.84. The molecule has 186 valence electrons. The first-order chi connectivity index (χ1) is 15.9. The number of amides is 2. The maximum atomic E-state index is 13.5. The van der Waals surface area contributed by atoms with E-state index in [0.29, 0.717) is 12.1 Å². The predicted molar refractivity (Wildman–Crippen MR) is 133 cm³/mol. The zero-order valence-electron chi connectivity index (χ0n) is 18.8. The number of halogens is 4. The van der Waals surface area contributed by atoms with Gasteiger partial charge in [-0.3, -0.25) is 13.9 Å². The summed E-state index contributed by atoms with van der Waals surface area (Å²) in [6.45, 7) is 3.14. The third-order valence-corrected chi connectivity index (χ3v) is 7.09. The highest BCUT2D eigenvalue weighted by Crippen LogP contribution is 2.35. The van der Waals surface area contributed by atoms with Crippen LogP contribution in [0.1, 0.15) is 25.8 Å². The molecular weight excluding hydrogens is 528 g/mol. The number of sulfonamides is 1. The van der Waals surface area contributed by atoms with Crippen molar-refractivity contribution >= 4 is 62.3 Å². The number of carbonyl (C=O) groups excluding carboxylic acids is 2. The summed E-state index contributed by atoms with van der Waals surface area (Å²) in [7, 11) is -3.99. The lowest BCUT2D eigenvalue weighted by molar-refractivity contribution is -0.140. The number of nitrogens with one attached hydrogen (secondary N) is 1. The van der Waals surface area contributed by atoms with Gasteiger partial charge in [-0.25, -0.2) is 12.8 Å². The third-order valence-electron chi connectivity index (χ3n) is 4.94. The first-order valence-corrected chi connectivity index (χ1v) is 13.3. The molecule has 0 aromatic heterocycles. The minimum absolute atomic E-state index is 0.0199. The molecule has 0 aliphatic carbocycles. The van der Waals surface area contributed by atoms with E-state index in [9.17, 15) is 22.4 Å². The van der Waals surface area contributed by atoms with E-state index < -0.39 is 34.3 Å². The summed E-state index contributed by atoms with van der Waals surface area (Å²) in [4.78, 5) is 27.4. The number of anilines is 1. The van der Waals surface area contributed by atoms with Crippen LogP contribution in [-0.4, -0.2) is 50.5 Å². The van der Waals surface area contributed by atoms with Crippen LogP contribution in [0.5, 0.6) is 0 Å². The van der Waals surface area contributed by atoms with Crippen LogP contribution in [0.3, 0.4) is 0 Å². The molecule has 0 saturated carbocycles. The molecule has 7 nitrogen and oxygen atoms in total. The molecule has 12 heteroatoms. The first-order valence-electron chi connectivity index (χ1n) is 10.3. The van der Waals surface area contributed by atoms with Crippen molar-refractivity contribution in [1.82, 2.24) is 10.2 Å². The van der Waals surface area contributed by atoms with Gasteiger partial charge in [-0.15, -0.1) is 0 Å². The molecule has 0 aliphatic rings. The lowest BCUT2D eigenvalue weighted by Gasteiger charge is -2.33. The van der Waals surface area contributed by atoms with Gasteiger partial charge in [0.2, 0.25) is 21.8 Å². The standard InChI is InChI=1S/C22H25Cl3FN3O4S/c1-4-19(22(31)27-5-2)28(12-14-6-8-15(26)9-7-14)21(30)13-29(34(3,32)33)20-11-17(24)16(23)10-18(20)25/h6-11,19H,4-5,12-13H2,1-3H3,(H,27,31)/t19-/m1/s1. The van der Waals surface area contributed by atoms with E-state index >= 15 is 0 Å². The highest BCUT2D eigenvalue weighted by atomic mass is 35.5. The molecule has 2 aromatic rings. The molecule has 34 heavy (non-hydrogen) atoms. The van der Waals surface area contributed by atoms with Gasteiger partial charge in [0.05, 0.1) is 27.0 Å². The van der Waals surface area contributed by atoms with Gasteiger partial charge in [0, 0.05) is 13.1 Å². The summed E-state index contributed by atoms with van der Waals surface area (Å²) in [5.74, 6) is -1.50. The fraction of sp³-hybridized carbons (Fsp3) is 0.364. The summed E-state index contributed by atoms with van der Waals surface area (Å²) in [5.41, 5.74) is 0.538. The number of carbonyl (C=O) groups is 2. The van der Waals surface area contributed by atoms with Crippen molar-refractivity contribution in [2.75, 3.05) is 23.7 Å². The monoisotopic (exact) mass is 551 g/mol. The van der Waals surface area contributed by atoms with E-state index in [1.807, 2.05) is 0 Å². The summed E-state index contributed by atoms with van der Waals surface area (Å²) in [6.07, 6.45) is 1.19. The van der Waals surface area contributed by atoms with Gasteiger partial charge in [0.1, 0.15) is 18.4 Å². The van der Waals surface area contributed by atoms with Crippen LogP contribution < -0.4 is 9.62 Å². The molecule has 2 rings (SSSR count). The number of hydrogen-bond acceptors (Lipinski definition) is 4. The van der Waals surface area contributed by atoms with Crippen LogP contribution in [0.15, 0.2) is 36.4 Å². The lowest BCUT2D eigenvalue weighted by atomic mass is 10.1. The Morgan fingerprint density at radius 3 is 2.15 bits per heavy atom. The molecule has 0 heterocycles. The van der Waals surface area contributed by atoms with E-state index in [1.165, 1.54) is 41.3 Å². The van der Waals surface area contributed by atoms with Gasteiger partial charge in [0.25, 0.3) is 0 Å². The Labute approximate surface area is 213 Å². The smallest absolute Gasteiger partial charge is 0.244 e. The van der Waals surface area contributed by atoms with Crippen molar-refractivity contribution in [3.8, 4) is 0 Å². The molecule has 2 amide bonds. The van der Waals surface area contributed by atoms with Crippen molar-refractivity contribution in [3.05, 3.63) is 62.8 Å². The topological polar surface area (TPSA) is 86.8 Å². The molecule has 0 radical (unpaired) electrons. The zero-order chi connectivity index (χ0) is 25.6. The maximum absolute atomic E-state index is 13.5. The van der Waals surface area contributed by atoms with E-state index in [0.717, 1.165) is 10.6 Å². The van der Waals surface area contributed by atoms with E-state index in [-0.39, 0.29) is 39.6 Å². The summed E-state index contributed by atoms with van der Waals surface area (Å²) in [6, 6.07) is 7.11. The Morgan fingerprint density at radius 1 is 1.03 bits per heavy atom. The van der Waals surface area contributed by atoms with Crippen LogP contribution >= 0.6 is 34.8 Å². The summed E-state index contributed by atoms with van der Waals surface area (Å²) in [5, 5.41) is 2.84. The van der Waals surface area contributed by atoms with Crippen LogP contribution in [0.4, 0.5) is 10.1 Å². The number of nitrogens with zero attached hydrogens (tertiary/aromatic N) is 2. The zero-order valence-corrected chi connectivity index (χ0v) is 21.9. The Hall–Kier alpha value is -2.07. The van der Waals surface area contributed by atoms with Crippen LogP contribution in [0, 0.1) is 5.82 Å².